The van der Waals surface area contributed by atoms with Crippen molar-refractivity contribution in [3.63, 3.8) is 0 Å². The van der Waals surface area contributed by atoms with Crippen LogP contribution in [0.5, 0.6) is 5.75 Å². The number of carbonyl (C=O) groups is 1. The molecule has 1 aromatic carbocycles. The topological polar surface area (TPSA) is 64.4 Å². The molecule has 0 radical (unpaired) electrons. The molecular weight excluding hydrogens is 228 g/mol. The van der Waals surface area contributed by atoms with Crippen molar-refractivity contribution in [2.24, 2.45) is 5.73 Å². The van der Waals surface area contributed by atoms with Crippen molar-refractivity contribution in [3.05, 3.63) is 28.8 Å². The standard InChI is InChI=1S/C11H15ClN2O2/c1-14-11(15)9(6-13)8-5-7(12)3-4-10(8)16-2/h3-5,9H,6,13H2,1-2H3,(H,14,15). The Labute approximate surface area is 99.7 Å². The summed E-state index contributed by atoms with van der Waals surface area (Å²) in [7, 11) is 3.12. The van der Waals surface area contributed by atoms with Gasteiger partial charge in [0.15, 0.2) is 0 Å². The van der Waals surface area contributed by atoms with Crippen molar-refractivity contribution < 1.29 is 9.53 Å². The first-order valence-electron chi connectivity index (χ1n) is 4.89. The molecule has 1 unspecified atom stereocenters. The van der Waals surface area contributed by atoms with Gasteiger partial charge in [-0.2, -0.15) is 0 Å². The Morgan fingerprint density at radius 2 is 2.31 bits per heavy atom. The van der Waals surface area contributed by atoms with Crippen LogP contribution >= 0.6 is 11.6 Å². The zero-order valence-electron chi connectivity index (χ0n) is 9.29. The van der Waals surface area contributed by atoms with Gasteiger partial charge in [-0.05, 0) is 18.2 Å². The highest BCUT2D eigenvalue weighted by molar-refractivity contribution is 6.30. The number of ether oxygens (including phenoxy) is 1. The second kappa shape index (κ2) is 5.72. The molecule has 0 aliphatic carbocycles. The number of rotatable bonds is 4. The predicted molar refractivity (Wildman–Crippen MR) is 63.9 cm³/mol. The van der Waals surface area contributed by atoms with Crippen LogP contribution in [0.3, 0.4) is 0 Å². The number of hydrogen-bond donors (Lipinski definition) is 2. The van der Waals surface area contributed by atoms with Gasteiger partial charge in [-0.3, -0.25) is 4.79 Å². The summed E-state index contributed by atoms with van der Waals surface area (Å²) in [6.07, 6.45) is 0. The minimum atomic E-state index is -0.446. The first-order valence-corrected chi connectivity index (χ1v) is 5.27. The first-order chi connectivity index (χ1) is 7.63. The van der Waals surface area contributed by atoms with Crippen LogP contribution in [0.4, 0.5) is 0 Å². The molecule has 4 nitrogen and oxygen atoms in total. The molecule has 0 fully saturated rings. The van der Waals surface area contributed by atoms with Crippen LogP contribution in [0.2, 0.25) is 5.02 Å². The zero-order chi connectivity index (χ0) is 12.1. The normalized spacial score (nSPS) is 12.0. The molecule has 1 rings (SSSR count). The van der Waals surface area contributed by atoms with Gasteiger partial charge in [0.1, 0.15) is 5.75 Å². The Morgan fingerprint density at radius 1 is 1.62 bits per heavy atom. The first kappa shape index (κ1) is 12.8. The van der Waals surface area contributed by atoms with Crippen LogP contribution in [0.1, 0.15) is 11.5 Å². The SMILES string of the molecule is CNC(=O)C(CN)c1cc(Cl)ccc1OC. The van der Waals surface area contributed by atoms with Crippen molar-refractivity contribution in [2.45, 2.75) is 5.92 Å². The molecule has 0 aliphatic heterocycles. The largest absolute Gasteiger partial charge is 0.496 e. The number of nitrogens with two attached hydrogens (primary N) is 1. The highest BCUT2D eigenvalue weighted by Crippen LogP contribution is 2.29. The third kappa shape index (κ3) is 2.65. The van der Waals surface area contributed by atoms with Crippen molar-refractivity contribution in [2.75, 3.05) is 20.7 Å². The lowest BCUT2D eigenvalue weighted by atomic mass is 9.97. The van der Waals surface area contributed by atoms with E-state index < -0.39 is 5.92 Å². The zero-order valence-corrected chi connectivity index (χ0v) is 10.0. The number of amides is 1. The molecule has 3 N–H and O–H groups in total. The van der Waals surface area contributed by atoms with Crippen molar-refractivity contribution in [1.82, 2.24) is 5.32 Å². The molecule has 0 spiro atoms. The molecule has 0 heterocycles. The maximum atomic E-state index is 11.6. The number of methoxy groups -OCH3 is 1. The van der Waals surface area contributed by atoms with E-state index in [9.17, 15) is 4.79 Å². The lowest BCUT2D eigenvalue weighted by Crippen LogP contribution is -2.31. The quantitative estimate of drug-likeness (QED) is 0.832. The molecule has 1 amide bonds. The summed E-state index contributed by atoms with van der Waals surface area (Å²) in [6, 6.07) is 5.14. The summed E-state index contributed by atoms with van der Waals surface area (Å²) in [4.78, 5) is 11.6. The van der Waals surface area contributed by atoms with Crippen LogP contribution in [0, 0.1) is 0 Å². The fraction of sp³-hybridized carbons (Fsp3) is 0.364. The smallest absolute Gasteiger partial charge is 0.228 e. The average Bonchev–Trinajstić information content (AvgIpc) is 2.30. The molecule has 1 aromatic rings. The molecule has 88 valence electrons. The van der Waals surface area contributed by atoms with Gasteiger partial charge in [0, 0.05) is 24.2 Å². The lowest BCUT2D eigenvalue weighted by Gasteiger charge is -2.17. The number of benzene rings is 1. The van der Waals surface area contributed by atoms with Gasteiger partial charge in [0.2, 0.25) is 5.91 Å². The number of likely N-dealkylation sites (N-methyl/N-ethyl adjacent to an activating group) is 1. The van der Waals surface area contributed by atoms with Gasteiger partial charge in [-0.15, -0.1) is 0 Å². The summed E-state index contributed by atoms with van der Waals surface area (Å²) in [6.45, 7) is 0.205. The summed E-state index contributed by atoms with van der Waals surface area (Å²) in [5.41, 5.74) is 6.30. The number of hydrogen-bond acceptors (Lipinski definition) is 3. The van der Waals surface area contributed by atoms with Crippen LogP contribution in [-0.2, 0) is 4.79 Å². The fourth-order valence-corrected chi connectivity index (χ4v) is 1.71. The molecule has 0 bridgehead atoms. The van der Waals surface area contributed by atoms with E-state index >= 15 is 0 Å². The Kier molecular flexibility index (Phi) is 4.58. The summed E-state index contributed by atoms with van der Waals surface area (Å²) in [5, 5.41) is 3.12. The molecule has 0 saturated heterocycles. The van der Waals surface area contributed by atoms with E-state index in [1.807, 2.05) is 0 Å². The second-order valence-electron chi connectivity index (χ2n) is 3.29. The molecule has 0 saturated carbocycles. The predicted octanol–water partition coefficient (Wildman–Crippen LogP) is 1.14. The van der Waals surface area contributed by atoms with E-state index in [1.165, 1.54) is 0 Å². The monoisotopic (exact) mass is 242 g/mol. The minimum absolute atomic E-state index is 0.150. The third-order valence-corrected chi connectivity index (χ3v) is 2.60. The van der Waals surface area contributed by atoms with Crippen molar-refractivity contribution >= 4 is 17.5 Å². The molecular formula is C11H15ClN2O2. The van der Waals surface area contributed by atoms with E-state index in [0.717, 1.165) is 0 Å². The van der Waals surface area contributed by atoms with E-state index in [2.05, 4.69) is 5.32 Å². The van der Waals surface area contributed by atoms with Gasteiger partial charge in [-0.1, -0.05) is 11.6 Å². The van der Waals surface area contributed by atoms with Gasteiger partial charge in [0.25, 0.3) is 0 Å². The molecule has 0 aliphatic rings. The van der Waals surface area contributed by atoms with Crippen LogP contribution in [-0.4, -0.2) is 26.6 Å². The van der Waals surface area contributed by atoms with E-state index in [-0.39, 0.29) is 12.5 Å². The van der Waals surface area contributed by atoms with E-state index in [4.69, 9.17) is 22.1 Å². The van der Waals surface area contributed by atoms with Crippen LogP contribution in [0.15, 0.2) is 18.2 Å². The second-order valence-corrected chi connectivity index (χ2v) is 3.73. The molecule has 16 heavy (non-hydrogen) atoms. The molecule has 0 aromatic heterocycles. The summed E-state index contributed by atoms with van der Waals surface area (Å²) in [5.74, 6) is 0.0187. The van der Waals surface area contributed by atoms with Gasteiger partial charge < -0.3 is 15.8 Å². The number of carbonyl (C=O) groups excluding carboxylic acids is 1. The summed E-state index contributed by atoms with van der Waals surface area (Å²) < 4.78 is 5.18. The maximum absolute atomic E-state index is 11.6. The van der Waals surface area contributed by atoms with E-state index in [1.54, 1.807) is 32.4 Å². The Bertz CT molecular complexity index is 382. The average molecular weight is 243 g/mol. The maximum Gasteiger partial charge on any atom is 0.228 e. The summed E-state index contributed by atoms with van der Waals surface area (Å²) >= 11 is 5.89. The highest BCUT2D eigenvalue weighted by atomic mass is 35.5. The van der Waals surface area contributed by atoms with Crippen molar-refractivity contribution in [1.29, 1.82) is 0 Å². The Balaban J connectivity index is 3.17. The Morgan fingerprint density at radius 3 is 2.81 bits per heavy atom. The number of halogens is 1. The Hall–Kier alpha value is -1.26. The molecule has 1 atom stereocenters. The van der Waals surface area contributed by atoms with Gasteiger partial charge in [0.05, 0.1) is 13.0 Å². The third-order valence-electron chi connectivity index (χ3n) is 2.37. The fourth-order valence-electron chi connectivity index (χ4n) is 1.53. The van der Waals surface area contributed by atoms with Gasteiger partial charge in [-0.25, -0.2) is 0 Å². The highest BCUT2D eigenvalue weighted by Gasteiger charge is 2.21. The lowest BCUT2D eigenvalue weighted by molar-refractivity contribution is -0.121. The van der Waals surface area contributed by atoms with Gasteiger partial charge >= 0.3 is 0 Å². The molecule has 5 heteroatoms. The number of nitrogens with one attached hydrogen (secondary N) is 1. The van der Waals surface area contributed by atoms with Crippen molar-refractivity contribution in [3.8, 4) is 5.75 Å². The minimum Gasteiger partial charge on any atom is -0.496 e. The van der Waals surface area contributed by atoms with Crippen LogP contribution in [0.25, 0.3) is 0 Å². The van der Waals surface area contributed by atoms with Crippen LogP contribution < -0.4 is 15.8 Å². The van der Waals surface area contributed by atoms with E-state index in [0.29, 0.717) is 16.3 Å².